The van der Waals surface area contributed by atoms with Gasteiger partial charge in [-0.1, -0.05) is 18.2 Å². The van der Waals surface area contributed by atoms with Crippen LogP contribution in [0.2, 0.25) is 0 Å². The lowest BCUT2D eigenvalue weighted by Crippen LogP contribution is -1.96. The molecule has 1 heterocycles. The fraction of sp³-hybridized carbons (Fsp3) is 0.333. The van der Waals surface area contributed by atoms with E-state index in [-0.39, 0.29) is 12.4 Å². The summed E-state index contributed by atoms with van der Waals surface area (Å²) < 4.78 is 0. The van der Waals surface area contributed by atoms with Gasteiger partial charge < -0.3 is 0 Å². The second kappa shape index (κ2) is 4.03. The monoisotopic (exact) mass is 186 g/mol. The standard InChI is InChI=1S/C9H10S.ClH/c1-2-6-9-8(4-1)5-3-7-10-9;/h1-2,4,6H,3,5,7H2;1H. The topological polar surface area (TPSA) is 0 Å². The normalized spacial score (nSPS) is 14.9. The van der Waals surface area contributed by atoms with Crippen molar-refractivity contribution in [3.05, 3.63) is 29.8 Å². The first-order valence-electron chi connectivity index (χ1n) is 3.67. The molecule has 0 fully saturated rings. The Balaban J connectivity index is 0.000000605. The molecule has 60 valence electrons. The molecule has 2 rings (SSSR count). The minimum Gasteiger partial charge on any atom is -0.147 e. The van der Waals surface area contributed by atoms with Gasteiger partial charge >= 0.3 is 0 Å². The number of thioether (sulfide) groups is 1. The summed E-state index contributed by atoms with van der Waals surface area (Å²) >= 11 is 1.99. The number of hydrogen-bond donors (Lipinski definition) is 0. The molecule has 0 amide bonds. The van der Waals surface area contributed by atoms with E-state index < -0.39 is 0 Å². The lowest BCUT2D eigenvalue weighted by molar-refractivity contribution is 0.890. The Morgan fingerprint density at radius 1 is 1.18 bits per heavy atom. The first kappa shape index (κ1) is 8.95. The molecule has 0 saturated heterocycles. The molecule has 1 aliphatic rings. The van der Waals surface area contributed by atoms with Crippen LogP contribution in [0.1, 0.15) is 12.0 Å². The molecule has 1 aromatic rings. The molecule has 0 aliphatic carbocycles. The van der Waals surface area contributed by atoms with Crippen molar-refractivity contribution in [2.75, 3.05) is 5.75 Å². The van der Waals surface area contributed by atoms with Gasteiger partial charge in [0.1, 0.15) is 0 Å². The summed E-state index contributed by atoms with van der Waals surface area (Å²) in [4.78, 5) is 1.49. The lowest BCUT2D eigenvalue weighted by Gasteiger charge is -2.13. The first-order valence-corrected chi connectivity index (χ1v) is 4.66. The average Bonchev–Trinajstić information content (AvgIpc) is 2.05. The zero-order valence-electron chi connectivity index (χ0n) is 6.25. The minimum atomic E-state index is 0. The van der Waals surface area contributed by atoms with Crippen molar-refractivity contribution < 1.29 is 0 Å². The molecular formula is C9H11ClS. The summed E-state index contributed by atoms with van der Waals surface area (Å²) in [5.74, 6) is 1.30. The Morgan fingerprint density at radius 3 is 2.82 bits per heavy atom. The van der Waals surface area contributed by atoms with Crippen LogP contribution in [0.25, 0.3) is 0 Å². The van der Waals surface area contributed by atoms with E-state index in [4.69, 9.17) is 0 Å². The molecule has 0 spiro atoms. The Kier molecular flexibility index (Phi) is 3.28. The van der Waals surface area contributed by atoms with Gasteiger partial charge in [0.25, 0.3) is 0 Å². The quantitative estimate of drug-likeness (QED) is 0.600. The maximum atomic E-state index is 2.24. The van der Waals surface area contributed by atoms with Gasteiger partial charge in [-0.25, -0.2) is 0 Å². The number of halogens is 1. The lowest BCUT2D eigenvalue weighted by atomic mass is 10.1. The maximum Gasteiger partial charge on any atom is 0.0104 e. The summed E-state index contributed by atoms with van der Waals surface area (Å²) in [6.45, 7) is 0. The van der Waals surface area contributed by atoms with Crippen LogP contribution in [0.3, 0.4) is 0 Å². The van der Waals surface area contributed by atoms with Gasteiger partial charge in [-0.05, 0) is 30.2 Å². The number of aryl methyl sites for hydroxylation is 1. The molecule has 0 atom stereocenters. The van der Waals surface area contributed by atoms with E-state index in [1.54, 1.807) is 5.56 Å². The third kappa shape index (κ3) is 1.91. The summed E-state index contributed by atoms with van der Waals surface area (Å²) in [6, 6.07) is 8.71. The van der Waals surface area contributed by atoms with E-state index in [1.807, 2.05) is 11.8 Å². The van der Waals surface area contributed by atoms with Crippen molar-refractivity contribution >= 4 is 24.2 Å². The maximum absolute atomic E-state index is 2.24. The smallest absolute Gasteiger partial charge is 0.0104 e. The molecule has 2 heteroatoms. The molecule has 1 aliphatic heterocycles. The number of fused-ring (bicyclic) bond motifs is 1. The molecule has 1 aromatic carbocycles. The van der Waals surface area contributed by atoms with Gasteiger partial charge in [0.15, 0.2) is 0 Å². The summed E-state index contributed by atoms with van der Waals surface area (Å²) in [5, 5.41) is 0. The van der Waals surface area contributed by atoms with Crippen molar-refractivity contribution in [3.63, 3.8) is 0 Å². The highest BCUT2D eigenvalue weighted by Crippen LogP contribution is 2.28. The van der Waals surface area contributed by atoms with E-state index in [0.29, 0.717) is 0 Å². The van der Waals surface area contributed by atoms with Gasteiger partial charge in [0.05, 0.1) is 0 Å². The van der Waals surface area contributed by atoms with Crippen LogP contribution in [0.5, 0.6) is 0 Å². The zero-order chi connectivity index (χ0) is 6.81. The SMILES string of the molecule is Cl.c1ccc2c(c1)CCCS2. The Morgan fingerprint density at radius 2 is 2.00 bits per heavy atom. The van der Waals surface area contributed by atoms with E-state index in [2.05, 4.69) is 24.3 Å². The Hall–Kier alpha value is -0.140. The second-order valence-electron chi connectivity index (χ2n) is 2.56. The van der Waals surface area contributed by atoms with Crippen LogP contribution in [0, 0.1) is 0 Å². The van der Waals surface area contributed by atoms with Crippen LogP contribution in [-0.4, -0.2) is 5.75 Å². The van der Waals surface area contributed by atoms with Crippen molar-refractivity contribution in [1.29, 1.82) is 0 Å². The predicted octanol–water partition coefficient (Wildman–Crippen LogP) is 3.15. The fourth-order valence-electron chi connectivity index (χ4n) is 1.30. The molecule has 0 radical (unpaired) electrons. The van der Waals surface area contributed by atoms with Crippen LogP contribution < -0.4 is 0 Å². The van der Waals surface area contributed by atoms with Gasteiger partial charge in [0, 0.05) is 4.90 Å². The largest absolute Gasteiger partial charge is 0.147 e. The Labute approximate surface area is 77.8 Å². The molecule has 0 N–H and O–H groups in total. The van der Waals surface area contributed by atoms with Crippen molar-refractivity contribution in [1.82, 2.24) is 0 Å². The molecule has 0 aromatic heterocycles. The second-order valence-corrected chi connectivity index (χ2v) is 3.70. The van der Waals surface area contributed by atoms with E-state index in [0.717, 1.165) is 0 Å². The first-order chi connectivity index (χ1) is 4.97. The van der Waals surface area contributed by atoms with Gasteiger partial charge in [-0.15, -0.1) is 24.2 Å². The highest BCUT2D eigenvalue weighted by Gasteiger charge is 2.06. The number of benzene rings is 1. The molecule has 0 nitrogen and oxygen atoms in total. The van der Waals surface area contributed by atoms with Crippen LogP contribution >= 0.6 is 24.2 Å². The number of rotatable bonds is 0. The zero-order valence-corrected chi connectivity index (χ0v) is 7.88. The molecule has 0 unspecified atom stereocenters. The van der Waals surface area contributed by atoms with E-state index in [9.17, 15) is 0 Å². The van der Waals surface area contributed by atoms with Gasteiger partial charge in [-0.3, -0.25) is 0 Å². The minimum absolute atomic E-state index is 0. The third-order valence-corrected chi connectivity index (χ3v) is 3.02. The molecule has 11 heavy (non-hydrogen) atoms. The van der Waals surface area contributed by atoms with E-state index >= 15 is 0 Å². The fourth-order valence-corrected chi connectivity index (χ4v) is 2.33. The van der Waals surface area contributed by atoms with Gasteiger partial charge in [0.2, 0.25) is 0 Å². The van der Waals surface area contributed by atoms with Crippen LogP contribution in [0.4, 0.5) is 0 Å². The summed E-state index contributed by atoms with van der Waals surface area (Å²) in [7, 11) is 0. The number of hydrogen-bond acceptors (Lipinski definition) is 1. The summed E-state index contributed by atoms with van der Waals surface area (Å²) in [5.41, 5.74) is 1.54. The van der Waals surface area contributed by atoms with Crippen molar-refractivity contribution in [3.8, 4) is 0 Å². The van der Waals surface area contributed by atoms with Crippen molar-refractivity contribution in [2.24, 2.45) is 0 Å². The molecular weight excluding hydrogens is 176 g/mol. The van der Waals surface area contributed by atoms with Gasteiger partial charge in [-0.2, -0.15) is 0 Å². The summed E-state index contributed by atoms with van der Waals surface area (Å²) in [6.07, 6.45) is 2.63. The molecule has 0 bridgehead atoms. The van der Waals surface area contributed by atoms with E-state index in [1.165, 1.54) is 23.5 Å². The average molecular weight is 187 g/mol. The predicted molar refractivity (Wildman–Crippen MR) is 52.7 cm³/mol. The highest BCUT2D eigenvalue weighted by molar-refractivity contribution is 7.99. The third-order valence-electron chi connectivity index (χ3n) is 1.82. The van der Waals surface area contributed by atoms with Crippen LogP contribution in [-0.2, 0) is 6.42 Å². The Bertz CT molecular complexity index is 210. The van der Waals surface area contributed by atoms with Crippen LogP contribution in [0.15, 0.2) is 29.2 Å². The highest BCUT2D eigenvalue weighted by atomic mass is 35.5. The molecule has 0 saturated carbocycles. The van der Waals surface area contributed by atoms with Crippen molar-refractivity contribution in [2.45, 2.75) is 17.7 Å².